The van der Waals surface area contributed by atoms with Crippen LogP contribution in [0.15, 0.2) is 73.1 Å². The Balaban J connectivity index is 0.000000316. The van der Waals surface area contributed by atoms with Crippen LogP contribution in [0, 0.1) is 30.0 Å². The number of hydrogen-bond donors (Lipinski definition) is 1. The predicted molar refractivity (Wildman–Crippen MR) is 118 cm³/mol. The molecule has 0 aliphatic carbocycles. The number of Topliss-reactive ketones (excluding diaryl/α,β-unsaturated/α-hetero) is 1. The molecule has 0 aliphatic heterocycles. The Labute approximate surface area is 181 Å². The number of pyridine rings is 1. The minimum absolute atomic E-state index is 0.118. The van der Waals surface area contributed by atoms with Crippen LogP contribution in [-0.2, 0) is 4.79 Å². The molecule has 0 fully saturated rings. The molecule has 1 unspecified atom stereocenters. The van der Waals surface area contributed by atoms with Crippen LogP contribution in [0.1, 0.15) is 15.9 Å². The first kappa shape index (κ1) is 23.2. The van der Waals surface area contributed by atoms with Crippen LogP contribution < -0.4 is 10.2 Å². The molecule has 158 valence electrons. The molecule has 3 rings (SSSR count). The minimum Gasteiger partial charge on any atom is -0.378 e. The number of nitrogens with zero attached hydrogens (tertiary/aromatic N) is 3. The maximum atomic E-state index is 12.9. The van der Waals surface area contributed by atoms with E-state index >= 15 is 0 Å². The van der Waals surface area contributed by atoms with Crippen LogP contribution in [0.25, 0.3) is 0 Å². The van der Waals surface area contributed by atoms with Gasteiger partial charge in [0.1, 0.15) is 5.82 Å². The first-order valence-corrected chi connectivity index (χ1v) is 9.46. The number of carbonyl (C=O) groups is 2. The lowest BCUT2D eigenvalue weighted by Crippen LogP contribution is -2.29. The van der Waals surface area contributed by atoms with Crippen molar-refractivity contribution in [3.05, 3.63) is 90.0 Å². The molecule has 2 aromatic carbocycles. The van der Waals surface area contributed by atoms with Crippen LogP contribution in [0.3, 0.4) is 0 Å². The van der Waals surface area contributed by atoms with Crippen LogP contribution in [-0.4, -0.2) is 30.8 Å². The third-order valence-electron chi connectivity index (χ3n) is 4.36. The molecule has 1 aromatic heterocycles. The molecule has 0 aliphatic rings. The van der Waals surface area contributed by atoms with Crippen molar-refractivity contribution >= 4 is 23.1 Å². The van der Waals surface area contributed by atoms with Gasteiger partial charge >= 0.3 is 0 Å². The second-order valence-corrected chi connectivity index (χ2v) is 6.84. The van der Waals surface area contributed by atoms with E-state index in [1.54, 1.807) is 43.6 Å². The van der Waals surface area contributed by atoms with Crippen molar-refractivity contribution in [3.8, 4) is 6.07 Å². The number of rotatable bonds is 5. The lowest BCUT2D eigenvalue weighted by atomic mass is 9.98. The highest BCUT2D eigenvalue weighted by molar-refractivity contribution is 6.15. The number of hydrogen-bond acceptors (Lipinski definition) is 5. The van der Waals surface area contributed by atoms with E-state index in [1.807, 2.05) is 37.2 Å². The topological polar surface area (TPSA) is 86.1 Å². The van der Waals surface area contributed by atoms with E-state index in [0.717, 1.165) is 17.7 Å². The number of amides is 1. The van der Waals surface area contributed by atoms with Gasteiger partial charge in [-0.05, 0) is 55.0 Å². The van der Waals surface area contributed by atoms with Crippen LogP contribution in [0.5, 0.6) is 0 Å². The second kappa shape index (κ2) is 11.2. The van der Waals surface area contributed by atoms with E-state index in [1.165, 1.54) is 17.8 Å². The van der Waals surface area contributed by atoms with Gasteiger partial charge in [0.15, 0.2) is 11.7 Å². The van der Waals surface area contributed by atoms with Gasteiger partial charge in [0.25, 0.3) is 0 Å². The molecule has 0 saturated heterocycles. The fraction of sp³-hybridized carbons (Fsp3) is 0.167. The molecule has 1 atom stereocenters. The number of ketones is 1. The number of carbonyl (C=O) groups excluding carboxylic acids is 2. The maximum absolute atomic E-state index is 12.9. The summed E-state index contributed by atoms with van der Waals surface area (Å²) in [6.45, 7) is 1.80. The number of nitriles is 1. The average Bonchev–Trinajstić information content (AvgIpc) is 2.77. The lowest BCUT2D eigenvalue weighted by Gasteiger charge is -2.11. The zero-order valence-corrected chi connectivity index (χ0v) is 17.5. The Morgan fingerprint density at radius 1 is 1.03 bits per heavy atom. The summed E-state index contributed by atoms with van der Waals surface area (Å²) in [5, 5.41) is 11.7. The molecule has 6 nitrogen and oxygen atoms in total. The standard InChI is InChI=1S/C17H13FN2O2.C7H10N2/c1-11-4-2-3-5-15(11)20-17(22)14(10-19)16(21)12-6-8-13(18)9-7-12;1-9(2)7-3-5-8-6-4-7/h2-9,14H,1H3,(H,20,22);3-6H,1-2H3. The molecule has 0 spiro atoms. The minimum atomic E-state index is -1.48. The van der Waals surface area contributed by atoms with Crippen molar-refractivity contribution < 1.29 is 14.0 Å². The van der Waals surface area contributed by atoms with Crippen molar-refractivity contribution in [2.45, 2.75) is 6.92 Å². The van der Waals surface area contributed by atoms with E-state index in [4.69, 9.17) is 5.26 Å². The molecule has 0 saturated carbocycles. The van der Waals surface area contributed by atoms with E-state index in [9.17, 15) is 14.0 Å². The summed E-state index contributed by atoms with van der Waals surface area (Å²) < 4.78 is 12.9. The highest BCUT2D eigenvalue weighted by Crippen LogP contribution is 2.16. The van der Waals surface area contributed by atoms with Crippen LogP contribution in [0.4, 0.5) is 15.8 Å². The summed E-state index contributed by atoms with van der Waals surface area (Å²) in [7, 11) is 4.02. The quantitative estimate of drug-likeness (QED) is 0.495. The highest BCUT2D eigenvalue weighted by atomic mass is 19.1. The van der Waals surface area contributed by atoms with Gasteiger partial charge in [0.05, 0.1) is 6.07 Å². The molecule has 1 N–H and O–H groups in total. The molecule has 1 heterocycles. The summed E-state index contributed by atoms with van der Waals surface area (Å²) in [5.41, 5.74) is 2.67. The summed E-state index contributed by atoms with van der Waals surface area (Å²) in [4.78, 5) is 30.3. The number of anilines is 2. The Morgan fingerprint density at radius 2 is 1.65 bits per heavy atom. The number of aryl methyl sites for hydroxylation is 1. The monoisotopic (exact) mass is 418 g/mol. The summed E-state index contributed by atoms with van der Waals surface area (Å²) in [6, 6.07) is 17.4. The number of benzene rings is 2. The van der Waals surface area contributed by atoms with Crippen molar-refractivity contribution in [3.63, 3.8) is 0 Å². The average molecular weight is 418 g/mol. The summed E-state index contributed by atoms with van der Waals surface area (Å²) in [6.07, 6.45) is 3.57. The molecule has 31 heavy (non-hydrogen) atoms. The number of para-hydroxylation sites is 1. The normalized spacial score (nSPS) is 10.7. The van der Waals surface area contributed by atoms with Gasteiger partial charge in [-0.3, -0.25) is 14.6 Å². The van der Waals surface area contributed by atoms with Crippen LogP contribution in [0.2, 0.25) is 0 Å². The Hall–Kier alpha value is -4.05. The van der Waals surface area contributed by atoms with Gasteiger partial charge in [-0.25, -0.2) is 4.39 Å². The first-order valence-electron chi connectivity index (χ1n) is 9.46. The van der Waals surface area contributed by atoms with Gasteiger partial charge in [0, 0.05) is 43.4 Å². The second-order valence-electron chi connectivity index (χ2n) is 6.84. The molecule has 7 heteroatoms. The van der Waals surface area contributed by atoms with Crippen molar-refractivity contribution in [2.24, 2.45) is 5.92 Å². The van der Waals surface area contributed by atoms with E-state index in [0.29, 0.717) is 5.69 Å². The zero-order chi connectivity index (χ0) is 22.8. The summed E-state index contributed by atoms with van der Waals surface area (Å²) in [5.74, 6) is -3.33. The number of aromatic nitrogens is 1. The SMILES string of the molecule is CN(C)c1ccncc1.Cc1ccccc1NC(=O)C(C#N)C(=O)c1ccc(F)cc1. The molecule has 1 amide bonds. The Bertz CT molecular complexity index is 1060. The molecular formula is C24H23FN4O2. The van der Waals surface area contributed by atoms with E-state index < -0.39 is 23.4 Å². The third kappa shape index (κ3) is 6.75. The largest absolute Gasteiger partial charge is 0.378 e. The van der Waals surface area contributed by atoms with Crippen molar-refractivity contribution in [1.29, 1.82) is 5.26 Å². The van der Waals surface area contributed by atoms with Gasteiger partial charge < -0.3 is 10.2 Å². The third-order valence-corrected chi connectivity index (χ3v) is 4.36. The maximum Gasteiger partial charge on any atom is 0.249 e. The molecule has 0 bridgehead atoms. The fourth-order valence-electron chi connectivity index (χ4n) is 2.58. The Morgan fingerprint density at radius 3 is 2.16 bits per heavy atom. The Kier molecular flexibility index (Phi) is 8.41. The first-order chi connectivity index (χ1) is 14.8. The summed E-state index contributed by atoms with van der Waals surface area (Å²) >= 11 is 0. The smallest absolute Gasteiger partial charge is 0.249 e. The molecule has 3 aromatic rings. The highest BCUT2D eigenvalue weighted by Gasteiger charge is 2.27. The molecule has 0 radical (unpaired) electrons. The molecular weight excluding hydrogens is 395 g/mol. The number of halogens is 1. The fourth-order valence-corrected chi connectivity index (χ4v) is 2.58. The van der Waals surface area contributed by atoms with E-state index in [-0.39, 0.29) is 5.56 Å². The predicted octanol–water partition coefficient (Wildman–Crippen LogP) is 4.24. The zero-order valence-electron chi connectivity index (χ0n) is 17.5. The van der Waals surface area contributed by atoms with E-state index in [2.05, 4.69) is 10.3 Å². The van der Waals surface area contributed by atoms with Crippen LogP contribution >= 0.6 is 0 Å². The number of nitrogens with one attached hydrogen (secondary N) is 1. The van der Waals surface area contributed by atoms with Gasteiger partial charge in [-0.2, -0.15) is 5.26 Å². The lowest BCUT2D eigenvalue weighted by molar-refractivity contribution is -0.117. The van der Waals surface area contributed by atoms with Gasteiger partial charge in [-0.15, -0.1) is 0 Å². The van der Waals surface area contributed by atoms with Crippen molar-refractivity contribution in [1.82, 2.24) is 4.98 Å². The van der Waals surface area contributed by atoms with Crippen molar-refractivity contribution in [2.75, 3.05) is 24.3 Å². The van der Waals surface area contributed by atoms with Gasteiger partial charge in [0.2, 0.25) is 5.91 Å². The van der Waals surface area contributed by atoms with Gasteiger partial charge in [-0.1, -0.05) is 18.2 Å².